The van der Waals surface area contributed by atoms with E-state index >= 15 is 0 Å². The summed E-state index contributed by atoms with van der Waals surface area (Å²) in [6.07, 6.45) is 3.93. The first kappa shape index (κ1) is 13.2. The average molecular weight is 305 g/mol. The number of pyridine rings is 1. The van der Waals surface area contributed by atoms with Crippen LogP contribution < -0.4 is 0 Å². The SMILES string of the molecule is Cc1ccc(-c2nc(-c3cn(C)c4ncccc34)cs2)cc1. The van der Waals surface area contributed by atoms with Gasteiger partial charge in [0, 0.05) is 41.3 Å². The number of hydrogen-bond donors (Lipinski definition) is 0. The van der Waals surface area contributed by atoms with Gasteiger partial charge >= 0.3 is 0 Å². The summed E-state index contributed by atoms with van der Waals surface area (Å²) in [6.45, 7) is 2.10. The molecule has 0 atom stereocenters. The average Bonchev–Trinajstić information content (AvgIpc) is 3.14. The molecule has 0 aliphatic carbocycles. The Hall–Kier alpha value is -2.46. The minimum absolute atomic E-state index is 0.988. The highest BCUT2D eigenvalue weighted by Crippen LogP contribution is 2.33. The molecular weight excluding hydrogens is 290 g/mol. The zero-order chi connectivity index (χ0) is 15.1. The minimum Gasteiger partial charge on any atom is -0.335 e. The van der Waals surface area contributed by atoms with Crippen molar-refractivity contribution in [2.24, 2.45) is 7.05 Å². The van der Waals surface area contributed by atoms with E-state index in [1.165, 1.54) is 11.1 Å². The van der Waals surface area contributed by atoms with Crippen LogP contribution in [0.4, 0.5) is 0 Å². The zero-order valence-electron chi connectivity index (χ0n) is 12.4. The smallest absolute Gasteiger partial charge is 0.140 e. The maximum Gasteiger partial charge on any atom is 0.140 e. The molecule has 0 saturated carbocycles. The second kappa shape index (κ2) is 5.07. The van der Waals surface area contributed by atoms with Crippen LogP contribution in [0.15, 0.2) is 54.2 Å². The van der Waals surface area contributed by atoms with Crippen LogP contribution in [-0.4, -0.2) is 14.5 Å². The fraction of sp³-hybridized carbons (Fsp3) is 0.111. The van der Waals surface area contributed by atoms with E-state index in [0.29, 0.717) is 0 Å². The van der Waals surface area contributed by atoms with Gasteiger partial charge in [-0.25, -0.2) is 9.97 Å². The number of aryl methyl sites for hydroxylation is 2. The van der Waals surface area contributed by atoms with Crippen molar-refractivity contribution in [3.8, 4) is 21.8 Å². The van der Waals surface area contributed by atoms with E-state index in [9.17, 15) is 0 Å². The van der Waals surface area contributed by atoms with Crippen molar-refractivity contribution in [1.82, 2.24) is 14.5 Å². The third kappa shape index (κ3) is 2.12. The molecule has 0 aliphatic rings. The van der Waals surface area contributed by atoms with Crippen molar-refractivity contribution in [3.63, 3.8) is 0 Å². The minimum atomic E-state index is 0.988. The van der Waals surface area contributed by atoms with Crippen molar-refractivity contribution in [2.45, 2.75) is 6.92 Å². The van der Waals surface area contributed by atoms with Crippen molar-refractivity contribution in [2.75, 3.05) is 0 Å². The van der Waals surface area contributed by atoms with Crippen LogP contribution in [0.1, 0.15) is 5.56 Å². The largest absolute Gasteiger partial charge is 0.335 e. The maximum atomic E-state index is 4.82. The van der Waals surface area contributed by atoms with E-state index in [-0.39, 0.29) is 0 Å². The van der Waals surface area contributed by atoms with Crippen LogP contribution >= 0.6 is 11.3 Å². The summed E-state index contributed by atoms with van der Waals surface area (Å²) in [5.74, 6) is 0. The molecule has 0 fully saturated rings. The van der Waals surface area contributed by atoms with Gasteiger partial charge in [-0.1, -0.05) is 29.8 Å². The molecule has 3 heterocycles. The summed E-state index contributed by atoms with van der Waals surface area (Å²) < 4.78 is 2.05. The number of fused-ring (bicyclic) bond motifs is 1. The van der Waals surface area contributed by atoms with Crippen LogP contribution in [-0.2, 0) is 7.05 Å². The predicted octanol–water partition coefficient (Wildman–Crippen LogP) is 4.67. The summed E-state index contributed by atoms with van der Waals surface area (Å²) in [6, 6.07) is 12.6. The highest BCUT2D eigenvalue weighted by atomic mass is 32.1. The number of thiazole rings is 1. The first-order chi connectivity index (χ1) is 10.7. The van der Waals surface area contributed by atoms with E-state index in [1.807, 2.05) is 19.3 Å². The topological polar surface area (TPSA) is 30.7 Å². The molecule has 3 nitrogen and oxygen atoms in total. The lowest BCUT2D eigenvalue weighted by atomic mass is 10.1. The standard InChI is InChI=1S/C18H15N3S/c1-12-5-7-13(8-6-12)18-20-16(11-22-18)15-10-21(2)17-14(15)4-3-9-19-17/h3-11H,1-2H3. The van der Waals surface area contributed by atoms with Gasteiger partial charge in [0.15, 0.2) is 0 Å². The Kier molecular flexibility index (Phi) is 3.05. The lowest BCUT2D eigenvalue weighted by Crippen LogP contribution is -1.85. The second-order valence-corrected chi connectivity index (χ2v) is 6.29. The predicted molar refractivity (Wildman–Crippen MR) is 92.0 cm³/mol. The Morgan fingerprint density at radius 3 is 2.73 bits per heavy atom. The molecule has 0 N–H and O–H groups in total. The number of aromatic nitrogens is 3. The Bertz CT molecular complexity index is 948. The van der Waals surface area contributed by atoms with Crippen LogP contribution in [0.3, 0.4) is 0 Å². The Labute approximate surface area is 132 Å². The van der Waals surface area contributed by atoms with E-state index in [0.717, 1.165) is 27.3 Å². The Morgan fingerprint density at radius 1 is 1.09 bits per heavy atom. The number of rotatable bonds is 2. The van der Waals surface area contributed by atoms with Crippen molar-refractivity contribution < 1.29 is 0 Å². The highest BCUT2D eigenvalue weighted by molar-refractivity contribution is 7.13. The molecule has 0 spiro atoms. The summed E-state index contributed by atoms with van der Waals surface area (Å²) >= 11 is 1.68. The van der Waals surface area contributed by atoms with Gasteiger partial charge in [0.05, 0.1) is 5.69 Å². The lowest BCUT2D eigenvalue weighted by Gasteiger charge is -1.97. The fourth-order valence-corrected chi connectivity index (χ4v) is 3.47. The van der Waals surface area contributed by atoms with Gasteiger partial charge < -0.3 is 4.57 Å². The van der Waals surface area contributed by atoms with E-state index in [4.69, 9.17) is 4.98 Å². The summed E-state index contributed by atoms with van der Waals surface area (Å²) in [4.78, 5) is 9.26. The van der Waals surface area contributed by atoms with E-state index in [2.05, 4.69) is 58.4 Å². The maximum absolute atomic E-state index is 4.82. The van der Waals surface area contributed by atoms with Crippen molar-refractivity contribution in [3.05, 3.63) is 59.7 Å². The van der Waals surface area contributed by atoms with E-state index in [1.54, 1.807) is 11.3 Å². The molecular formula is C18H15N3S. The Balaban J connectivity index is 1.82. The van der Waals surface area contributed by atoms with Crippen molar-refractivity contribution >= 4 is 22.4 Å². The molecule has 0 unspecified atom stereocenters. The highest BCUT2D eigenvalue weighted by Gasteiger charge is 2.13. The molecule has 0 bridgehead atoms. The fourth-order valence-electron chi connectivity index (χ4n) is 2.64. The van der Waals surface area contributed by atoms with Crippen LogP contribution in [0.2, 0.25) is 0 Å². The quantitative estimate of drug-likeness (QED) is 0.538. The van der Waals surface area contributed by atoms with Crippen LogP contribution in [0.25, 0.3) is 32.9 Å². The summed E-state index contributed by atoms with van der Waals surface area (Å²) in [5, 5.41) is 4.32. The van der Waals surface area contributed by atoms with Gasteiger partial charge in [-0.05, 0) is 19.1 Å². The van der Waals surface area contributed by atoms with E-state index < -0.39 is 0 Å². The first-order valence-corrected chi connectivity index (χ1v) is 8.03. The molecule has 3 aromatic heterocycles. The monoisotopic (exact) mass is 305 g/mol. The van der Waals surface area contributed by atoms with Gasteiger partial charge in [-0.2, -0.15) is 0 Å². The van der Waals surface area contributed by atoms with Crippen molar-refractivity contribution in [1.29, 1.82) is 0 Å². The molecule has 1 aromatic carbocycles. The summed E-state index contributed by atoms with van der Waals surface area (Å²) in [7, 11) is 2.02. The zero-order valence-corrected chi connectivity index (χ0v) is 13.3. The first-order valence-electron chi connectivity index (χ1n) is 7.15. The third-order valence-corrected chi connectivity index (χ3v) is 4.70. The van der Waals surface area contributed by atoms with Gasteiger partial charge in [0.2, 0.25) is 0 Å². The van der Waals surface area contributed by atoms with Crippen LogP contribution in [0, 0.1) is 6.92 Å². The molecule has 4 heteroatoms. The van der Waals surface area contributed by atoms with Crippen LogP contribution in [0.5, 0.6) is 0 Å². The molecule has 0 aliphatic heterocycles. The number of nitrogens with zero attached hydrogens (tertiary/aromatic N) is 3. The normalized spacial score (nSPS) is 11.2. The third-order valence-electron chi connectivity index (χ3n) is 3.81. The molecule has 0 radical (unpaired) electrons. The van der Waals surface area contributed by atoms with Gasteiger partial charge in [0.1, 0.15) is 10.7 Å². The van der Waals surface area contributed by atoms with Gasteiger partial charge in [-0.3, -0.25) is 0 Å². The lowest BCUT2D eigenvalue weighted by molar-refractivity contribution is 0.949. The number of hydrogen-bond acceptors (Lipinski definition) is 3. The molecule has 4 aromatic rings. The number of benzene rings is 1. The Morgan fingerprint density at radius 2 is 1.91 bits per heavy atom. The van der Waals surface area contributed by atoms with Gasteiger partial charge in [-0.15, -0.1) is 11.3 Å². The molecule has 0 amide bonds. The second-order valence-electron chi connectivity index (χ2n) is 5.43. The summed E-state index contributed by atoms with van der Waals surface area (Å²) in [5.41, 5.74) is 5.57. The molecule has 4 rings (SSSR count). The molecule has 108 valence electrons. The molecule has 0 saturated heterocycles. The van der Waals surface area contributed by atoms with Gasteiger partial charge in [0.25, 0.3) is 0 Å². The molecule has 22 heavy (non-hydrogen) atoms.